The van der Waals surface area contributed by atoms with Gasteiger partial charge in [0.05, 0.1) is 21.5 Å². The molecule has 1 aromatic heterocycles. The SMILES string of the molecule is CCCNCCC(C)(O)Cc1c(Br)c(C)nn1CC. The van der Waals surface area contributed by atoms with E-state index in [1.54, 1.807) is 0 Å². The summed E-state index contributed by atoms with van der Waals surface area (Å²) in [6.07, 6.45) is 2.49. The van der Waals surface area contributed by atoms with Crippen LogP contribution < -0.4 is 5.32 Å². The van der Waals surface area contributed by atoms with Crippen molar-refractivity contribution >= 4 is 15.9 Å². The van der Waals surface area contributed by atoms with Crippen LogP contribution in [0.2, 0.25) is 0 Å². The molecule has 1 unspecified atom stereocenters. The summed E-state index contributed by atoms with van der Waals surface area (Å²) in [5.74, 6) is 0. The van der Waals surface area contributed by atoms with Gasteiger partial charge in [0.15, 0.2) is 0 Å². The van der Waals surface area contributed by atoms with E-state index in [4.69, 9.17) is 0 Å². The Labute approximate surface area is 124 Å². The molecule has 0 aliphatic carbocycles. The standard InChI is InChI=1S/C14H26BrN3O/c1-5-8-16-9-7-14(4,19)10-12-13(15)11(3)17-18(12)6-2/h16,19H,5-10H2,1-4H3. The van der Waals surface area contributed by atoms with Gasteiger partial charge in [-0.15, -0.1) is 0 Å². The maximum atomic E-state index is 10.5. The van der Waals surface area contributed by atoms with Gasteiger partial charge in [0, 0.05) is 13.0 Å². The lowest BCUT2D eigenvalue weighted by Crippen LogP contribution is -2.33. The van der Waals surface area contributed by atoms with E-state index in [0.717, 1.165) is 48.3 Å². The first-order valence-electron chi connectivity index (χ1n) is 7.06. The van der Waals surface area contributed by atoms with Crippen molar-refractivity contribution in [3.8, 4) is 0 Å². The van der Waals surface area contributed by atoms with Crippen molar-refractivity contribution < 1.29 is 5.11 Å². The van der Waals surface area contributed by atoms with Gasteiger partial charge in [0.1, 0.15) is 0 Å². The molecule has 0 amide bonds. The van der Waals surface area contributed by atoms with Crippen LogP contribution in [0.25, 0.3) is 0 Å². The summed E-state index contributed by atoms with van der Waals surface area (Å²) in [5.41, 5.74) is 1.36. The first kappa shape index (κ1) is 16.7. The molecule has 1 heterocycles. The molecule has 1 atom stereocenters. The highest BCUT2D eigenvalue weighted by molar-refractivity contribution is 9.10. The molecule has 0 saturated carbocycles. The summed E-state index contributed by atoms with van der Waals surface area (Å²) in [6.45, 7) is 10.8. The Bertz CT molecular complexity index is 402. The summed E-state index contributed by atoms with van der Waals surface area (Å²) >= 11 is 3.58. The van der Waals surface area contributed by atoms with Crippen molar-refractivity contribution in [2.75, 3.05) is 13.1 Å². The number of halogens is 1. The molecule has 0 fully saturated rings. The molecule has 0 saturated heterocycles. The summed E-state index contributed by atoms with van der Waals surface area (Å²) < 4.78 is 2.99. The molecular weight excluding hydrogens is 306 g/mol. The predicted molar refractivity (Wildman–Crippen MR) is 82.4 cm³/mol. The van der Waals surface area contributed by atoms with E-state index in [0.29, 0.717) is 6.42 Å². The third kappa shape index (κ3) is 4.89. The first-order valence-corrected chi connectivity index (χ1v) is 7.85. The third-order valence-electron chi connectivity index (χ3n) is 3.27. The highest BCUT2D eigenvalue weighted by Gasteiger charge is 2.25. The van der Waals surface area contributed by atoms with Gasteiger partial charge < -0.3 is 10.4 Å². The van der Waals surface area contributed by atoms with Crippen LogP contribution >= 0.6 is 15.9 Å². The molecule has 0 aliphatic rings. The lowest BCUT2D eigenvalue weighted by Gasteiger charge is -2.24. The zero-order valence-corrected chi connectivity index (χ0v) is 14.0. The van der Waals surface area contributed by atoms with E-state index in [2.05, 4.69) is 40.2 Å². The molecule has 1 aromatic rings. The highest BCUT2D eigenvalue weighted by Crippen LogP contribution is 2.26. The zero-order chi connectivity index (χ0) is 14.5. The summed E-state index contributed by atoms with van der Waals surface area (Å²) in [6, 6.07) is 0. The van der Waals surface area contributed by atoms with Gasteiger partial charge in [-0.2, -0.15) is 5.10 Å². The second-order valence-corrected chi connectivity index (χ2v) is 6.13. The van der Waals surface area contributed by atoms with Crippen LogP contribution in [0.3, 0.4) is 0 Å². The van der Waals surface area contributed by atoms with Crippen molar-refractivity contribution in [1.29, 1.82) is 0 Å². The van der Waals surface area contributed by atoms with Crippen LogP contribution in [0.1, 0.15) is 45.0 Å². The topological polar surface area (TPSA) is 50.1 Å². The smallest absolute Gasteiger partial charge is 0.0738 e. The number of aliphatic hydroxyl groups is 1. The number of rotatable bonds is 8. The number of aryl methyl sites for hydroxylation is 2. The van der Waals surface area contributed by atoms with Crippen molar-refractivity contribution in [3.05, 3.63) is 15.9 Å². The van der Waals surface area contributed by atoms with Gasteiger partial charge in [-0.1, -0.05) is 6.92 Å². The fourth-order valence-corrected chi connectivity index (χ4v) is 2.57. The average molecular weight is 332 g/mol. The second-order valence-electron chi connectivity index (χ2n) is 5.34. The molecule has 4 nitrogen and oxygen atoms in total. The van der Waals surface area contributed by atoms with Crippen molar-refractivity contribution in [2.24, 2.45) is 0 Å². The average Bonchev–Trinajstić information content (AvgIpc) is 2.62. The van der Waals surface area contributed by atoms with Crippen molar-refractivity contribution in [3.63, 3.8) is 0 Å². The highest BCUT2D eigenvalue weighted by atomic mass is 79.9. The Morgan fingerprint density at radius 3 is 2.63 bits per heavy atom. The molecule has 0 aromatic carbocycles. The lowest BCUT2D eigenvalue weighted by molar-refractivity contribution is 0.0493. The molecule has 0 radical (unpaired) electrons. The van der Waals surface area contributed by atoms with E-state index in [-0.39, 0.29) is 0 Å². The maximum Gasteiger partial charge on any atom is 0.0738 e. The monoisotopic (exact) mass is 331 g/mol. The Morgan fingerprint density at radius 1 is 1.37 bits per heavy atom. The minimum absolute atomic E-state index is 0.621. The molecule has 0 aliphatic heterocycles. The Balaban J connectivity index is 2.66. The molecule has 5 heteroatoms. The van der Waals surface area contributed by atoms with E-state index >= 15 is 0 Å². The molecule has 0 bridgehead atoms. The molecule has 0 spiro atoms. The second kappa shape index (κ2) is 7.41. The maximum absolute atomic E-state index is 10.5. The molecule has 19 heavy (non-hydrogen) atoms. The van der Waals surface area contributed by atoms with Crippen LogP contribution in [0.15, 0.2) is 4.47 Å². The zero-order valence-electron chi connectivity index (χ0n) is 12.5. The van der Waals surface area contributed by atoms with Crippen molar-refractivity contribution in [1.82, 2.24) is 15.1 Å². The number of nitrogens with one attached hydrogen (secondary N) is 1. The fraction of sp³-hybridized carbons (Fsp3) is 0.786. The van der Waals surface area contributed by atoms with Gasteiger partial charge in [-0.25, -0.2) is 0 Å². The molecule has 1 rings (SSSR count). The van der Waals surface area contributed by atoms with E-state index in [1.807, 2.05) is 18.5 Å². The Kier molecular flexibility index (Phi) is 6.50. The Morgan fingerprint density at radius 2 is 2.05 bits per heavy atom. The lowest BCUT2D eigenvalue weighted by atomic mass is 9.96. The van der Waals surface area contributed by atoms with Crippen LogP contribution in [-0.2, 0) is 13.0 Å². The summed E-state index contributed by atoms with van der Waals surface area (Å²) in [5, 5.41) is 18.3. The van der Waals surface area contributed by atoms with Crippen LogP contribution in [0, 0.1) is 6.92 Å². The summed E-state index contributed by atoms with van der Waals surface area (Å²) in [7, 11) is 0. The van der Waals surface area contributed by atoms with Crippen molar-refractivity contribution in [2.45, 2.75) is 59.1 Å². The molecular formula is C14H26BrN3O. The normalized spacial score (nSPS) is 14.6. The number of aromatic nitrogens is 2. The number of nitrogens with zero attached hydrogens (tertiary/aromatic N) is 2. The summed E-state index contributed by atoms with van der Waals surface area (Å²) in [4.78, 5) is 0. The van der Waals surface area contributed by atoms with Gasteiger partial charge in [0.2, 0.25) is 0 Å². The van der Waals surface area contributed by atoms with Crippen LogP contribution in [0.4, 0.5) is 0 Å². The third-order valence-corrected chi connectivity index (χ3v) is 4.30. The van der Waals surface area contributed by atoms with E-state index in [1.165, 1.54) is 0 Å². The van der Waals surface area contributed by atoms with Gasteiger partial charge >= 0.3 is 0 Å². The van der Waals surface area contributed by atoms with Crippen LogP contribution in [-0.4, -0.2) is 33.6 Å². The van der Waals surface area contributed by atoms with Crippen LogP contribution in [0.5, 0.6) is 0 Å². The molecule has 110 valence electrons. The first-order chi connectivity index (χ1) is 8.91. The minimum atomic E-state index is -0.706. The largest absolute Gasteiger partial charge is 0.390 e. The number of hydrogen-bond donors (Lipinski definition) is 2. The van der Waals surface area contributed by atoms with E-state index < -0.39 is 5.60 Å². The van der Waals surface area contributed by atoms with Gasteiger partial charge in [0.25, 0.3) is 0 Å². The fourth-order valence-electron chi connectivity index (χ4n) is 2.15. The minimum Gasteiger partial charge on any atom is -0.390 e. The predicted octanol–water partition coefficient (Wildman–Crippen LogP) is 2.66. The van der Waals surface area contributed by atoms with E-state index in [9.17, 15) is 5.11 Å². The van der Waals surface area contributed by atoms with Gasteiger partial charge in [-0.3, -0.25) is 4.68 Å². The quantitative estimate of drug-likeness (QED) is 0.720. The molecule has 2 N–H and O–H groups in total. The number of hydrogen-bond acceptors (Lipinski definition) is 3. The van der Waals surface area contributed by atoms with Gasteiger partial charge in [-0.05, 0) is 62.6 Å². The Hall–Kier alpha value is -0.390.